The summed E-state index contributed by atoms with van der Waals surface area (Å²) < 4.78 is 1.66. The van der Waals surface area contributed by atoms with E-state index in [1.54, 1.807) is 17.1 Å². The van der Waals surface area contributed by atoms with E-state index in [2.05, 4.69) is 21.1 Å². The zero-order valence-electron chi connectivity index (χ0n) is 8.64. The van der Waals surface area contributed by atoms with Gasteiger partial charge in [-0.1, -0.05) is 11.6 Å². The molecule has 0 aromatic carbocycles. The first-order valence-corrected chi connectivity index (χ1v) is 5.54. The Balaban J connectivity index is 2.30. The van der Waals surface area contributed by atoms with Gasteiger partial charge in [0.2, 0.25) is 5.28 Å². The maximum absolute atomic E-state index is 8.48. The normalized spacial score (nSPS) is 10.2. The average molecular weight is 268 g/mol. The Morgan fingerprint density at radius 2 is 2.18 bits per heavy atom. The number of aromatic nitrogens is 4. The second kappa shape index (κ2) is 5.13. The maximum atomic E-state index is 8.48. The number of hydrogen-bond acceptors (Lipinski definition) is 4. The highest BCUT2D eigenvalue weighted by atomic mass is 35.5. The molecule has 0 aliphatic heterocycles. The lowest BCUT2D eigenvalue weighted by Crippen LogP contribution is -1.96. The third-order valence-corrected chi connectivity index (χ3v) is 2.53. The number of hydrogen-bond donors (Lipinski definition) is 0. The van der Waals surface area contributed by atoms with Crippen LogP contribution in [0.2, 0.25) is 10.3 Å². The molecule has 0 unspecified atom stereocenters. The van der Waals surface area contributed by atoms with Crippen LogP contribution in [0.3, 0.4) is 0 Å². The SMILES string of the molecule is N#CCCn1cc(-c2nc(Cl)ncc2Cl)cn1. The van der Waals surface area contributed by atoms with Crippen molar-refractivity contribution in [2.75, 3.05) is 0 Å². The standard InChI is InChI=1S/C10H7Cl2N5/c11-8-5-14-10(12)16-9(8)7-4-15-17(6-7)3-1-2-13/h4-6H,1,3H2. The first-order valence-electron chi connectivity index (χ1n) is 4.78. The Labute approximate surface area is 108 Å². The van der Waals surface area contributed by atoms with Crippen molar-refractivity contribution in [1.29, 1.82) is 5.26 Å². The molecule has 0 atom stereocenters. The summed E-state index contributed by atoms with van der Waals surface area (Å²) in [6.45, 7) is 0.535. The van der Waals surface area contributed by atoms with Gasteiger partial charge in [-0.3, -0.25) is 4.68 Å². The van der Waals surface area contributed by atoms with Crippen molar-refractivity contribution < 1.29 is 0 Å². The largest absolute Gasteiger partial charge is 0.271 e. The molecule has 0 radical (unpaired) electrons. The van der Waals surface area contributed by atoms with E-state index in [4.69, 9.17) is 28.5 Å². The van der Waals surface area contributed by atoms with Crippen LogP contribution in [-0.4, -0.2) is 19.7 Å². The Morgan fingerprint density at radius 1 is 1.35 bits per heavy atom. The summed E-state index contributed by atoms with van der Waals surface area (Å²) in [6.07, 6.45) is 5.24. The fraction of sp³-hybridized carbons (Fsp3) is 0.200. The van der Waals surface area contributed by atoms with E-state index in [0.29, 0.717) is 23.7 Å². The number of rotatable bonds is 3. The van der Waals surface area contributed by atoms with Crippen LogP contribution in [0.5, 0.6) is 0 Å². The molecule has 17 heavy (non-hydrogen) atoms. The molecule has 0 amide bonds. The van der Waals surface area contributed by atoms with E-state index in [1.807, 2.05) is 0 Å². The van der Waals surface area contributed by atoms with Gasteiger partial charge in [-0.25, -0.2) is 9.97 Å². The quantitative estimate of drug-likeness (QED) is 0.802. The highest BCUT2D eigenvalue weighted by molar-refractivity contribution is 6.33. The first-order chi connectivity index (χ1) is 8.20. The van der Waals surface area contributed by atoms with Crippen molar-refractivity contribution in [1.82, 2.24) is 19.7 Å². The lowest BCUT2D eigenvalue weighted by Gasteiger charge is -1.99. The molecule has 0 bridgehead atoms. The predicted octanol–water partition coefficient (Wildman–Crippen LogP) is 2.56. The van der Waals surface area contributed by atoms with Crippen molar-refractivity contribution in [3.05, 3.63) is 28.9 Å². The van der Waals surface area contributed by atoms with E-state index < -0.39 is 0 Å². The van der Waals surface area contributed by atoms with Crippen molar-refractivity contribution >= 4 is 23.2 Å². The maximum Gasteiger partial charge on any atom is 0.222 e. The van der Waals surface area contributed by atoms with Crippen molar-refractivity contribution in [2.45, 2.75) is 13.0 Å². The molecule has 2 rings (SSSR count). The summed E-state index contributed by atoms with van der Waals surface area (Å²) in [5.74, 6) is 0. The van der Waals surface area contributed by atoms with Crippen LogP contribution in [0.4, 0.5) is 0 Å². The second-order valence-corrected chi connectivity index (χ2v) is 3.98. The van der Waals surface area contributed by atoms with Crippen LogP contribution in [0, 0.1) is 11.3 Å². The van der Waals surface area contributed by atoms with Gasteiger partial charge in [0.15, 0.2) is 0 Å². The summed E-state index contributed by atoms with van der Waals surface area (Å²) >= 11 is 11.7. The minimum absolute atomic E-state index is 0.133. The molecular weight excluding hydrogens is 261 g/mol. The first kappa shape index (κ1) is 11.8. The van der Waals surface area contributed by atoms with Gasteiger partial charge in [0, 0.05) is 11.8 Å². The summed E-state index contributed by atoms with van der Waals surface area (Å²) in [5, 5.41) is 13.1. The lowest BCUT2D eigenvalue weighted by atomic mass is 10.2. The van der Waals surface area contributed by atoms with Gasteiger partial charge in [0.1, 0.15) is 0 Å². The molecule has 0 fully saturated rings. The highest BCUT2D eigenvalue weighted by Crippen LogP contribution is 2.25. The molecule has 0 aliphatic rings. The summed E-state index contributed by atoms with van der Waals surface area (Å²) in [6, 6.07) is 2.05. The molecule has 0 saturated heterocycles. The van der Waals surface area contributed by atoms with Crippen LogP contribution < -0.4 is 0 Å². The van der Waals surface area contributed by atoms with Gasteiger partial charge in [0.25, 0.3) is 0 Å². The molecule has 0 saturated carbocycles. The van der Waals surface area contributed by atoms with Crippen LogP contribution in [0.15, 0.2) is 18.6 Å². The molecule has 5 nitrogen and oxygen atoms in total. The Kier molecular flexibility index (Phi) is 3.57. The van der Waals surface area contributed by atoms with Gasteiger partial charge in [-0.05, 0) is 11.6 Å². The number of halogens is 2. The van der Waals surface area contributed by atoms with Crippen molar-refractivity contribution in [2.24, 2.45) is 0 Å². The van der Waals surface area contributed by atoms with E-state index in [0.717, 1.165) is 5.56 Å². The minimum atomic E-state index is 0.133. The highest BCUT2D eigenvalue weighted by Gasteiger charge is 2.09. The number of aryl methyl sites for hydroxylation is 1. The van der Waals surface area contributed by atoms with Crippen LogP contribution in [0.1, 0.15) is 6.42 Å². The molecule has 0 spiro atoms. The molecule has 2 aromatic heterocycles. The topological polar surface area (TPSA) is 67.4 Å². The Morgan fingerprint density at radius 3 is 2.94 bits per heavy atom. The molecular formula is C10H7Cl2N5. The number of nitrogens with zero attached hydrogens (tertiary/aromatic N) is 5. The number of nitriles is 1. The predicted molar refractivity (Wildman–Crippen MR) is 63.5 cm³/mol. The smallest absolute Gasteiger partial charge is 0.222 e. The third-order valence-electron chi connectivity index (χ3n) is 2.07. The zero-order chi connectivity index (χ0) is 12.3. The molecule has 2 heterocycles. The van der Waals surface area contributed by atoms with E-state index in [-0.39, 0.29) is 5.28 Å². The summed E-state index contributed by atoms with van der Waals surface area (Å²) in [4.78, 5) is 7.81. The fourth-order valence-corrected chi connectivity index (χ4v) is 1.65. The molecule has 0 aliphatic carbocycles. The van der Waals surface area contributed by atoms with Gasteiger partial charge in [0.05, 0.1) is 42.1 Å². The van der Waals surface area contributed by atoms with E-state index in [9.17, 15) is 0 Å². The molecule has 0 N–H and O–H groups in total. The summed E-state index contributed by atoms with van der Waals surface area (Å²) in [7, 11) is 0. The van der Waals surface area contributed by atoms with Gasteiger partial charge < -0.3 is 0 Å². The van der Waals surface area contributed by atoms with Gasteiger partial charge in [-0.15, -0.1) is 0 Å². The van der Waals surface area contributed by atoms with E-state index in [1.165, 1.54) is 6.20 Å². The average Bonchev–Trinajstić information content (AvgIpc) is 2.78. The van der Waals surface area contributed by atoms with Crippen molar-refractivity contribution in [3.63, 3.8) is 0 Å². The molecule has 86 valence electrons. The lowest BCUT2D eigenvalue weighted by molar-refractivity contribution is 0.628. The van der Waals surface area contributed by atoms with Crippen LogP contribution in [-0.2, 0) is 6.54 Å². The zero-order valence-corrected chi connectivity index (χ0v) is 10.2. The van der Waals surface area contributed by atoms with E-state index >= 15 is 0 Å². The Bertz CT molecular complexity index is 572. The third kappa shape index (κ3) is 2.73. The van der Waals surface area contributed by atoms with Gasteiger partial charge in [-0.2, -0.15) is 10.4 Å². The van der Waals surface area contributed by atoms with Crippen LogP contribution in [0.25, 0.3) is 11.3 Å². The molecule has 7 heteroatoms. The van der Waals surface area contributed by atoms with Crippen LogP contribution >= 0.6 is 23.2 Å². The summed E-state index contributed by atoms with van der Waals surface area (Å²) in [5.41, 5.74) is 1.28. The monoisotopic (exact) mass is 267 g/mol. The molecule has 2 aromatic rings. The van der Waals surface area contributed by atoms with Gasteiger partial charge >= 0.3 is 0 Å². The fourth-order valence-electron chi connectivity index (χ4n) is 1.32. The van der Waals surface area contributed by atoms with Crippen molar-refractivity contribution in [3.8, 4) is 17.3 Å². The minimum Gasteiger partial charge on any atom is -0.271 e. The Hall–Kier alpha value is -1.64. The second-order valence-electron chi connectivity index (χ2n) is 3.24.